The number of rotatable bonds is 56. The van der Waals surface area contributed by atoms with Gasteiger partial charge < -0.3 is 14.2 Å². The monoisotopic (exact) mass is 1030 g/mol. The summed E-state index contributed by atoms with van der Waals surface area (Å²) in [7, 11) is 0. The summed E-state index contributed by atoms with van der Waals surface area (Å²) in [5.41, 5.74) is 0. The molecule has 424 valence electrons. The maximum Gasteiger partial charge on any atom is 0.306 e. The van der Waals surface area contributed by atoms with Gasteiger partial charge in [-0.25, -0.2) is 0 Å². The number of carbonyl (C=O) groups is 3. The van der Waals surface area contributed by atoms with Gasteiger partial charge in [-0.15, -0.1) is 0 Å². The van der Waals surface area contributed by atoms with E-state index in [0.29, 0.717) is 19.3 Å². The van der Waals surface area contributed by atoms with Crippen LogP contribution in [0.1, 0.15) is 297 Å². The van der Waals surface area contributed by atoms with Crippen LogP contribution in [0.3, 0.4) is 0 Å². The molecule has 0 fully saturated rings. The van der Waals surface area contributed by atoms with Gasteiger partial charge in [0.1, 0.15) is 13.2 Å². The molecule has 0 aromatic carbocycles. The summed E-state index contributed by atoms with van der Waals surface area (Å²) in [6.07, 6.45) is 82.7. The van der Waals surface area contributed by atoms with Crippen molar-refractivity contribution >= 4 is 17.9 Å². The minimum atomic E-state index is -0.780. The van der Waals surface area contributed by atoms with Gasteiger partial charge in [0.2, 0.25) is 0 Å². The van der Waals surface area contributed by atoms with Crippen LogP contribution >= 0.6 is 0 Å². The van der Waals surface area contributed by atoms with Gasteiger partial charge in [0.15, 0.2) is 6.10 Å². The van der Waals surface area contributed by atoms with Crippen LogP contribution in [-0.4, -0.2) is 37.2 Å². The zero-order chi connectivity index (χ0) is 53.6. The van der Waals surface area contributed by atoms with E-state index in [2.05, 4.69) is 118 Å². The Balaban J connectivity index is 4.26. The molecule has 0 aromatic heterocycles. The first kappa shape index (κ1) is 70.3. The maximum absolute atomic E-state index is 12.8. The fraction of sp³-hybridized carbons (Fsp3) is 0.721. The molecule has 0 amide bonds. The van der Waals surface area contributed by atoms with Gasteiger partial charge in [-0.2, -0.15) is 0 Å². The second-order valence-electron chi connectivity index (χ2n) is 20.6. The number of hydrogen-bond donors (Lipinski definition) is 0. The average Bonchev–Trinajstić information content (AvgIpc) is 3.40. The van der Waals surface area contributed by atoms with Crippen LogP contribution in [-0.2, 0) is 28.6 Å². The first-order valence-corrected chi connectivity index (χ1v) is 31.2. The third-order valence-corrected chi connectivity index (χ3v) is 13.4. The molecule has 0 N–H and O–H groups in total. The van der Waals surface area contributed by atoms with E-state index >= 15 is 0 Å². The molecule has 1 unspecified atom stereocenters. The molecule has 0 rings (SSSR count). The highest BCUT2D eigenvalue weighted by Crippen LogP contribution is 2.16. The van der Waals surface area contributed by atoms with E-state index in [1.807, 2.05) is 0 Å². The van der Waals surface area contributed by atoms with Crippen molar-refractivity contribution in [2.45, 2.75) is 303 Å². The Morgan fingerprint density at radius 2 is 0.527 bits per heavy atom. The zero-order valence-electron chi connectivity index (χ0n) is 48.6. The van der Waals surface area contributed by atoms with Crippen molar-refractivity contribution < 1.29 is 28.6 Å². The lowest BCUT2D eigenvalue weighted by Crippen LogP contribution is -2.30. The van der Waals surface area contributed by atoms with Gasteiger partial charge in [-0.1, -0.05) is 291 Å². The van der Waals surface area contributed by atoms with Crippen molar-refractivity contribution in [3.05, 3.63) is 97.2 Å². The molecule has 0 heterocycles. The third-order valence-electron chi connectivity index (χ3n) is 13.4. The van der Waals surface area contributed by atoms with Crippen LogP contribution in [0.5, 0.6) is 0 Å². The molecule has 6 heteroatoms. The minimum Gasteiger partial charge on any atom is -0.462 e. The zero-order valence-corrected chi connectivity index (χ0v) is 48.6. The predicted octanol–water partition coefficient (Wildman–Crippen LogP) is 21.3. The molecular formula is C68H116O6. The molecule has 0 aromatic rings. The van der Waals surface area contributed by atoms with Crippen molar-refractivity contribution in [1.29, 1.82) is 0 Å². The number of hydrogen-bond acceptors (Lipinski definition) is 6. The van der Waals surface area contributed by atoms with E-state index in [4.69, 9.17) is 14.2 Å². The summed E-state index contributed by atoms with van der Waals surface area (Å²) >= 11 is 0. The van der Waals surface area contributed by atoms with E-state index in [-0.39, 0.29) is 31.1 Å². The molecule has 0 spiro atoms. The standard InChI is InChI=1S/C68H116O6/c1-4-7-10-13-16-19-22-25-26-27-28-29-30-31-32-33-34-35-36-37-38-39-40-41-42-44-46-49-52-55-58-61-67(70)73-64-65(63-72-66(69)60-57-54-51-48-45-24-21-18-15-12-9-6-3)74-68(71)62-59-56-53-50-47-43-23-20-17-14-11-8-5-2/h7,10,16,19,25-26,28-29,31-32,34-35,37-38,40-41,65H,4-6,8-9,11-15,17-18,20-24,27,30,33,36,39,42-64H2,1-3H3/b10-7-,19-16-,26-25-,29-28-,32-31-,35-34-,38-37-,41-40-. The van der Waals surface area contributed by atoms with Crippen molar-refractivity contribution in [2.24, 2.45) is 0 Å². The van der Waals surface area contributed by atoms with Crippen molar-refractivity contribution in [3.8, 4) is 0 Å². The Morgan fingerprint density at radius 1 is 0.284 bits per heavy atom. The second kappa shape index (κ2) is 61.9. The molecule has 6 nitrogen and oxygen atoms in total. The Morgan fingerprint density at radius 3 is 0.824 bits per heavy atom. The van der Waals surface area contributed by atoms with Crippen molar-refractivity contribution in [2.75, 3.05) is 13.2 Å². The minimum absolute atomic E-state index is 0.0777. The van der Waals surface area contributed by atoms with E-state index in [1.54, 1.807) is 0 Å². The molecule has 0 aliphatic carbocycles. The third kappa shape index (κ3) is 59.2. The Labute approximate surface area is 457 Å². The van der Waals surface area contributed by atoms with Crippen molar-refractivity contribution in [3.63, 3.8) is 0 Å². The smallest absolute Gasteiger partial charge is 0.306 e. The van der Waals surface area contributed by atoms with E-state index in [0.717, 1.165) is 122 Å². The van der Waals surface area contributed by atoms with E-state index in [1.165, 1.54) is 135 Å². The van der Waals surface area contributed by atoms with Gasteiger partial charge in [0, 0.05) is 19.3 Å². The summed E-state index contributed by atoms with van der Waals surface area (Å²) in [4.78, 5) is 38.2. The molecule has 1 atom stereocenters. The summed E-state index contributed by atoms with van der Waals surface area (Å²) in [5, 5.41) is 0. The number of unbranched alkanes of at least 4 members (excludes halogenated alkanes) is 29. The lowest BCUT2D eigenvalue weighted by Gasteiger charge is -2.18. The summed E-state index contributed by atoms with van der Waals surface area (Å²) in [6, 6.07) is 0. The largest absolute Gasteiger partial charge is 0.462 e. The molecule has 74 heavy (non-hydrogen) atoms. The first-order valence-electron chi connectivity index (χ1n) is 31.2. The fourth-order valence-electron chi connectivity index (χ4n) is 8.69. The summed E-state index contributed by atoms with van der Waals surface area (Å²) in [6.45, 7) is 6.53. The SMILES string of the molecule is CC/C=C\C/C=C\C/C=C\C/C=C\C/C=C\C/C=C\C/C=C\C/C=C\CCCCCCCCC(=O)OCC(COC(=O)CCCCCCCCCCCCCC)OC(=O)CCCCCCCCCCCCCCC. The Kier molecular flexibility index (Phi) is 58.8. The molecule has 0 bridgehead atoms. The fourth-order valence-corrected chi connectivity index (χ4v) is 8.69. The molecule has 0 radical (unpaired) electrons. The van der Waals surface area contributed by atoms with Gasteiger partial charge in [0.05, 0.1) is 0 Å². The average molecular weight is 1030 g/mol. The lowest BCUT2D eigenvalue weighted by atomic mass is 10.0. The first-order chi connectivity index (χ1) is 36.5. The van der Waals surface area contributed by atoms with Gasteiger partial charge >= 0.3 is 17.9 Å². The Hall–Kier alpha value is -3.67. The molecule has 0 saturated carbocycles. The second-order valence-corrected chi connectivity index (χ2v) is 20.6. The predicted molar refractivity (Wildman–Crippen MR) is 320 cm³/mol. The normalized spacial score (nSPS) is 12.7. The maximum atomic E-state index is 12.8. The van der Waals surface area contributed by atoms with Crippen LogP contribution in [0.4, 0.5) is 0 Å². The highest BCUT2D eigenvalue weighted by Gasteiger charge is 2.19. The van der Waals surface area contributed by atoms with Gasteiger partial charge in [-0.3, -0.25) is 14.4 Å². The van der Waals surface area contributed by atoms with Crippen LogP contribution in [0, 0.1) is 0 Å². The van der Waals surface area contributed by atoms with Gasteiger partial charge in [-0.05, 0) is 83.5 Å². The van der Waals surface area contributed by atoms with E-state index in [9.17, 15) is 14.4 Å². The van der Waals surface area contributed by atoms with Crippen LogP contribution < -0.4 is 0 Å². The molecular weight excluding hydrogens is 913 g/mol. The number of carbonyl (C=O) groups excluding carboxylic acids is 3. The lowest BCUT2D eigenvalue weighted by molar-refractivity contribution is -0.167. The summed E-state index contributed by atoms with van der Waals surface area (Å²) in [5.74, 6) is -0.884. The highest BCUT2D eigenvalue weighted by atomic mass is 16.6. The number of ether oxygens (including phenoxy) is 3. The highest BCUT2D eigenvalue weighted by molar-refractivity contribution is 5.71. The topological polar surface area (TPSA) is 78.9 Å². The molecule has 0 aliphatic rings. The van der Waals surface area contributed by atoms with Crippen molar-refractivity contribution in [1.82, 2.24) is 0 Å². The van der Waals surface area contributed by atoms with Crippen LogP contribution in [0.15, 0.2) is 97.2 Å². The quantitative estimate of drug-likeness (QED) is 0.0261. The summed E-state index contributed by atoms with van der Waals surface area (Å²) < 4.78 is 16.9. The van der Waals surface area contributed by atoms with Crippen LogP contribution in [0.2, 0.25) is 0 Å². The number of esters is 3. The van der Waals surface area contributed by atoms with Gasteiger partial charge in [0.25, 0.3) is 0 Å². The Bertz CT molecular complexity index is 1460. The number of allylic oxidation sites excluding steroid dienone is 16. The molecule has 0 saturated heterocycles. The van der Waals surface area contributed by atoms with Crippen LogP contribution in [0.25, 0.3) is 0 Å². The molecule has 0 aliphatic heterocycles. The van der Waals surface area contributed by atoms with E-state index < -0.39 is 6.10 Å².